The summed E-state index contributed by atoms with van der Waals surface area (Å²) in [6.45, 7) is -0.132. The van der Waals surface area contributed by atoms with Crippen molar-refractivity contribution in [1.82, 2.24) is 10.2 Å². The first-order valence-electron chi connectivity index (χ1n) is 4.72. The molecule has 0 bridgehead atoms. The highest BCUT2D eigenvalue weighted by Crippen LogP contribution is 2.43. The Labute approximate surface area is 84.3 Å². The summed E-state index contributed by atoms with van der Waals surface area (Å²) in [5.41, 5.74) is -1.04. The van der Waals surface area contributed by atoms with Crippen molar-refractivity contribution in [3.63, 3.8) is 0 Å². The second kappa shape index (κ2) is 3.23. The largest absolute Gasteiger partial charge is 0.435 e. The molecule has 2 N–H and O–H groups in total. The van der Waals surface area contributed by atoms with Gasteiger partial charge in [-0.3, -0.25) is 5.10 Å². The summed E-state index contributed by atoms with van der Waals surface area (Å²) in [6, 6.07) is 0.995. The summed E-state index contributed by atoms with van der Waals surface area (Å²) in [6.07, 6.45) is -2.07. The number of alkyl halides is 3. The smallest absolute Gasteiger partial charge is 0.395 e. The Bertz CT molecular complexity index is 349. The Morgan fingerprint density at radius 3 is 2.47 bits per heavy atom. The zero-order chi connectivity index (χ0) is 11.1. The van der Waals surface area contributed by atoms with E-state index in [1.807, 2.05) is 0 Å². The SMILES string of the molecule is OCC1(c2cc(C(F)(F)F)n[nH]2)CCC1. The molecule has 1 fully saturated rings. The van der Waals surface area contributed by atoms with E-state index in [1.54, 1.807) is 0 Å². The Hall–Kier alpha value is -1.04. The van der Waals surface area contributed by atoms with Gasteiger partial charge in [0.2, 0.25) is 0 Å². The maximum Gasteiger partial charge on any atom is 0.435 e. The van der Waals surface area contributed by atoms with Crippen LogP contribution in [-0.4, -0.2) is 21.9 Å². The third-order valence-electron chi connectivity index (χ3n) is 3.05. The van der Waals surface area contributed by atoms with Gasteiger partial charge in [-0.1, -0.05) is 6.42 Å². The molecule has 1 heterocycles. The highest BCUT2D eigenvalue weighted by molar-refractivity contribution is 5.23. The van der Waals surface area contributed by atoms with Crippen molar-refractivity contribution in [2.24, 2.45) is 0 Å². The lowest BCUT2D eigenvalue weighted by Gasteiger charge is -2.39. The first-order valence-corrected chi connectivity index (χ1v) is 4.72. The van der Waals surface area contributed by atoms with Crippen LogP contribution < -0.4 is 0 Å². The van der Waals surface area contributed by atoms with E-state index in [0.29, 0.717) is 18.5 Å². The van der Waals surface area contributed by atoms with Crippen LogP contribution >= 0.6 is 0 Å². The standard InChI is InChI=1S/C9H11F3N2O/c10-9(11,12)7-4-6(13-14-7)8(5-15)2-1-3-8/h4,15H,1-3,5H2,(H,13,14). The van der Waals surface area contributed by atoms with E-state index in [-0.39, 0.29) is 6.61 Å². The minimum absolute atomic E-state index is 0.132. The van der Waals surface area contributed by atoms with Crippen LogP contribution in [0.25, 0.3) is 0 Å². The number of aliphatic hydroxyl groups excluding tert-OH is 1. The second-order valence-corrected chi connectivity index (χ2v) is 3.96. The van der Waals surface area contributed by atoms with E-state index in [4.69, 9.17) is 0 Å². The molecule has 3 nitrogen and oxygen atoms in total. The second-order valence-electron chi connectivity index (χ2n) is 3.96. The fourth-order valence-electron chi connectivity index (χ4n) is 1.85. The number of hydrogen-bond acceptors (Lipinski definition) is 2. The molecule has 0 amide bonds. The van der Waals surface area contributed by atoms with Gasteiger partial charge >= 0.3 is 6.18 Å². The molecule has 0 spiro atoms. The molecule has 84 valence electrons. The van der Waals surface area contributed by atoms with Gasteiger partial charge in [-0.2, -0.15) is 18.3 Å². The van der Waals surface area contributed by atoms with E-state index in [0.717, 1.165) is 12.5 Å². The average molecular weight is 220 g/mol. The van der Waals surface area contributed by atoms with Crippen LogP contribution in [0, 0.1) is 0 Å². The monoisotopic (exact) mass is 220 g/mol. The van der Waals surface area contributed by atoms with Crippen LogP contribution in [0.3, 0.4) is 0 Å². The van der Waals surface area contributed by atoms with Crippen molar-refractivity contribution in [3.05, 3.63) is 17.5 Å². The molecule has 1 aromatic rings. The van der Waals surface area contributed by atoms with Crippen LogP contribution in [0.15, 0.2) is 6.07 Å². The Morgan fingerprint density at radius 1 is 1.47 bits per heavy atom. The van der Waals surface area contributed by atoms with Crippen molar-refractivity contribution in [2.45, 2.75) is 30.9 Å². The molecule has 0 radical (unpaired) electrons. The molecule has 1 aliphatic carbocycles. The van der Waals surface area contributed by atoms with E-state index >= 15 is 0 Å². The van der Waals surface area contributed by atoms with Gasteiger partial charge in [0.05, 0.1) is 6.61 Å². The minimum Gasteiger partial charge on any atom is -0.395 e. The van der Waals surface area contributed by atoms with Gasteiger partial charge < -0.3 is 5.11 Å². The van der Waals surface area contributed by atoms with Crippen molar-refractivity contribution in [3.8, 4) is 0 Å². The number of nitrogens with one attached hydrogen (secondary N) is 1. The lowest BCUT2D eigenvalue weighted by Crippen LogP contribution is -2.38. The zero-order valence-corrected chi connectivity index (χ0v) is 7.93. The van der Waals surface area contributed by atoms with Gasteiger partial charge in [0.25, 0.3) is 0 Å². The number of aromatic nitrogens is 2. The molecule has 1 saturated carbocycles. The Balaban J connectivity index is 2.27. The molecule has 0 atom stereocenters. The molecule has 2 rings (SSSR count). The molecule has 0 aliphatic heterocycles. The molecular weight excluding hydrogens is 209 g/mol. The molecule has 1 aromatic heterocycles. The van der Waals surface area contributed by atoms with E-state index in [9.17, 15) is 18.3 Å². The summed E-state index contributed by atoms with van der Waals surface area (Å²) in [5.74, 6) is 0. The Kier molecular flexibility index (Phi) is 2.26. The van der Waals surface area contributed by atoms with E-state index in [2.05, 4.69) is 10.2 Å². The quantitative estimate of drug-likeness (QED) is 0.799. The van der Waals surface area contributed by atoms with Crippen LogP contribution in [0.5, 0.6) is 0 Å². The van der Waals surface area contributed by atoms with Crippen molar-refractivity contribution >= 4 is 0 Å². The highest BCUT2D eigenvalue weighted by atomic mass is 19.4. The van der Waals surface area contributed by atoms with Gasteiger partial charge in [0.15, 0.2) is 5.69 Å². The zero-order valence-electron chi connectivity index (χ0n) is 7.93. The highest BCUT2D eigenvalue weighted by Gasteiger charge is 2.42. The molecule has 0 unspecified atom stereocenters. The molecule has 0 aromatic carbocycles. The first-order chi connectivity index (χ1) is 6.98. The van der Waals surface area contributed by atoms with Gasteiger partial charge in [-0.05, 0) is 18.9 Å². The van der Waals surface area contributed by atoms with Crippen LogP contribution in [-0.2, 0) is 11.6 Å². The minimum atomic E-state index is -4.42. The third kappa shape index (κ3) is 1.62. The predicted molar refractivity (Wildman–Crippen MR) is 46.2 cm³/mol. The number of nitrogens with zero attached hydrogens (tertiary/aromatic N) is 1. The molecule has 0 saturated heterocycles. The molecule has 1 aliphatic rings. The van der Waals surface area contributed by atoms with Crippen molar-refractivity contribution < 1.29 is 18.3 Å². The Morgan fingerprint density at radius 2 is 2.13 bits per heavy atom. The maximum absolute atomic E-state index is 12.3. The van der Waals surface area contributed by atoms with Gasteiger partial charge in [-0.15, -0.1) is 0 Å². The van der Waals surface area contributed by atoms with Crippen LogP contribution in [0.4, 0.5) is 13.2 Å². The number of aliphatic hydroxyl groups is 1. The molecule has 15 heavy (non-hydrogen) atoms. The molecule has 6 heteroatoms. The first kappa shape index (κ1) is 10.5. The van der Waals surface area contributed by atoms with E-state index < -0.39 is 17.3 Å². The fraction of sp³-hybridized carbons (Fsp3) is 0.667. The van der Waals surface area contributed by atoms with Gasteiger partial charge in [-0.25, -0.2) is 0 Å². The number of H-pyrrole nitrogens is 1. The van der Waals surface area contributed by atoms with Crippen molar-refractivity contribution in [1.29, 1.82) is 0 Å². The van der Waals surface area contributed by atoms with E-state index in [1.165, 1.54) is 0 Å². The summed E-state index contributed by atoms with van der Waals surface area (Å²) in [5, 5.41) is 14.8. The summed E-state index contributed by atoms with van der Waals surface area (Å²) in [4.78, 5) is 0. The van der Waals surface area contributed by atoms with Gasteiger partial charge in [0.1, 0.15) is 0 Å². The molecular formula is C9H11F3N2O. The number of aromatic amines is 1. The third-order valence-corrected chi connectivity index (χ3v) is 3.05. The van der Waals surface area contributed by atoms with Crippen LogP contribution in [0.1, 0.15) is 30.7 Å². The maximum atomic E-state index is 12.3. The lowest BCUT2D eigenvalue weighted by molar-refractivity contribution is -0.141. The number of hydrogen-bond donors (Lipinski definition) is 2. The number of halogens is 3. The van der Waals surface area contributed by atoms with Gasteiger partial charge in [0, 0.05) is 11.1 Å². The topological polar surface area (TPSA) is 48.9 Å². The lowest BCUT2D eigenvalue weighted by atomic mass is 9.67. The van der Waals surface area contributed by atoms with Crippen molar-refractivity contribution in [2.75, 3.05) is 6.61 Å². The summed E-state index contributed by atoms with van der Waals surface area (Å²) < 4.78 is 36.8. The summed E-state index contributed by atoms with van der Waals surface area (Å²) >= 11 is 0. The predicted octanol–water partition coefficient (Wildman–Crippen LogP) is 1.84. The van der Waals surface area contributed by atoms with Crippen LogP contribution in [0.2, 0.25) is 0 Å². The average Bonchev–Trinajstić information content (AvgIpc) is 2.51. The fourth-order valence-corrected chi connectivity index (χ4v) is 1.85. The summed E-state index contributed by atoms with van der Waals surface area (Å²) in [7, 11) is 0. The number of rotatable bonds is 2. The normalized spacial score (nSPS) is 20.0.